The zero-order chi connectivity index (χ0) is 37.6. The molecule has 0 spiro atoms. The van der Waals surface area contributed by atoms with Crippen LogP contribution >= 0.6 is 0 Å². The van der Waals surface area contributed by atoms with Gasteiger partial charge >= 0.3 is 0 Å². The monoisotopic (exact) mass is 704 g/mol. The van der Waals surface area contributed by atoms with Crippen LogP contribution in [-0.2, 0) is 14.4 Å². The fourth-order valence-electron chi connectivity index (χ4n) is 5.23. The lowest BCUT2D eigenvalue weighted by atomic mass is 9.97. The Hall–Kier alpha value is -3.46. The number of phenols is 1. The van der Waals surface area contributed by atoms with Crippen LogP contribution in [0.4, 0.5) is 17.6 Å². The molecular weight excluding hydrogens is 648 g/mol. The molecule has 0 aromatic heterocycles. The van der Waals surface area contributed by atoms with Crippen molar-refractivity contribution >= 4 is 23.6 Å². The molecule has 11 nitrogen and oxygen atoms in total. The maximum atomic E-state index is 14.4. The number of phenolic OH excluding ortho intramolecular Hbond substituents is 1. The van der Waals surface area contributed by atoms with Crippen LogP contribution in [-0.4, -0.2) is 78.6 Å². The van der Waals surface area contributed by atoms with Gasteiger partial charge in [0, 0.05) is 31.7 Å². The highest BCUT2D eigenvalue weighted by Crippen LogP contribution is 2.29. The molecule has 1 rings (SSSR count). The molecule has 15 heteroatoms. The van der Waals surface area contributed by atoms with Crippen LogP contribution in [0.2, 0.25) is 0 Å². The molecule has 0 aliphatic carbocycles. The second kappa shape index (κ2) is 20.9. The molecular formula is C34H56F4N6O5. The van der Waals surface area contributed by atoms with Gasteiger partial charge in [0.05, 0.1) is 6.04 Å². The number of rotatable bonds is 21. The Morgan fingerprint density at radius 2 is 1.27 bits per heavy atom. The first kappa shape index (κ1) is 43.6. The van der Waals surface area contributed by atoms with Gasteiger partial charge in [-0.1, -0.05) is 61.3 Å². The standard InChI is InChI=1S/C34H56F4N6O5/c1-10-13-21(15-41-22(14-17(4)5)16-40-20(9)31(46)43-28(18(6)7)33(48)39-12-3)42-34(49)29(19(8)11-2)44-32(47)23-24(35)26(37)30(45)27(38)25(23)36/h17-22,28-29,40-41,45H,10-16H2,1-9H3,(H,39,48)(H,42,49)(H,43,46)(H,44,47)/t19-,20-,21-,22-,28?,29-/m0/s1. The van der Waals surface area contributed by atoms with Gasteiger partial charge in [-0.2, -0.15) is 8.78 Å². The molecule has 49 heavy (non-hydrogen) atoms. The first-order valence-corrected chi connectivity index (χ1v) is 17.1. The van der Waals surface area contributed by atoms with Gasteiger partial charge in [-0.3, -0.25) is 19.2 Å². The zero-order valence-electron chi connectivity index (χ0n) is 30.2. The zero-order valence-corrected chi connectivity index (χ0v) is 30.2. The van der Waals surface area contributed by atoms with Crippen molar-refractivity contribution in [3.63, 3.8) is 0 Å². The lowest BCUT2D eigenvalue weighted by Crippen LogP contribution is -2.56. The number of aromatic hydroxyl groups is 1. The minimum Gasteiger partial charge on any atom is -0.503 e. The van der Waals surface area contributed by atoms with Crippen molar-refractivity contribution in [2.75, 3.05) is 19.6 Å². The topological polar surface area (TPSA) is 161 Å². The van der Waals surface area contributed by atoms with E-state index in [4.69, 9.17) is 0 Å². The van der Waals surface area contributed by atoms with Crippen molar-refractivity contribution < 1.29 is 41.8 Å². The molecule has 1 unspecified atom stereocenters. The highest BCUT2D eigenvalue weighted by atomic mass is 19.2. The van der Waals surface area contributed by atoms with Gasteiger partial charge in [0.1, 0.15) is 17.6 Å². The van der Waals surface area contributed by atoms with Gasteiger partial charge < -0.3 is 37.0 Å². The number of hydrogen-bond acceptors (Lipinski definition) is 7. The number of benzene rings is 1. The third-order valence-corrected chi connectivity index (χ3v) is 8.30. The predicted molar refractivity (Wildman–Crippen MR) is 180 cm³/mol. The molecule has 0 aliphatic rings. The van der Waals surface area contributed by atoms with E-state index in [1.165, 1.54) is 0 Å². The molecule has 7 N–H and O–H groups in total. The lowest BCUT2D eigenvalue weighted by molar-refractivity contribution is -0.130. The summed E-state index contributed by atoms with van der Waals surface area (Å²) in [7, 11) is 0. The summed E-state index contributed by atoms with van der Waals surface area (Å²) >= 11 is 0. The van der Waals surface area contributed by atoms with Gasteiger partial charge in [-0.05, 0) is 44.4 Å². The van der Waals surface area contributed by atoms with E-state index in [2.05, 4.69) is 31.9 Å². The summed E-state index contributed by atoms with van der Waals surface area (Å²) < 4.78 is 56.7. The Morgan fingerprint density at radius 1 is 0.694 bits per heavy atom. The van der Waals surface area contributed by atoms with Crippen molar-refractivity contribution in [2.45, 2.75) is 118 Å². The predicted octanol–water partition coefficient (Wildman–Crippen LogP) is 3.64. The van der Waals surface area contributed by atoms with Crippen molar-refractivity contribution in [1.29, 1.82) is 0 Å². The summed E-state index contributed by atoms with van der Waals surface area (Å²) in [6, 6.07) is -3.14. The minimum atomic E-state index is -2.12. The number of carbonyl (C=O) groups is 4. The van der Waals surface area contributed by atoms with E-state index in [0.717, 1.165) is 6.42 Å². The van der Waals surface area contributed by atoms with Crippen LogP contribution in [0.5, 0.6) is 5.75 Å². The average molecular weight is 705 g/mol. The van der Waals surface area contributed by atoms with E-state index in [-0.39, 0.29) is 29.7 Å². The normalized spacial score (nSPS) is 15.2. The molecule has 0 radical (unpaired) electrons. The Labute approximate surface area is 287 Å². The fraction of sp³-hybridized carbons (Fsp3) is 0.706. The van der Waals surface area contributed by atoms with Crippen LogP contribution in [0.25, 0.3) is 0 Å². The van der Waals surface area contributed by atoms with E-state index < -0.39 is 76.5 Å². The van der Waals surface area contributed by atoms with Crippen LogP contribution in [0, 0.1) is 41.0 Å². The second-order valence-corrected chi connectivity index (χ2v) is 13.3. The Balaban J connectivity index is 3.03. The summed E-state index contributed by atoms with van der Waals surface area (Å²) in [5.41, 5.74) is -1.59. The molecule has 0 bridgehead atoms. The highest BCUT2D eigenvalue weighted by Gasteiger charge is 2.34. The van der Waals surface area contributed by atoms with E-state index in [1.807, 2.05) is 34.6 Å². The van der Waals surface area contributed by atoms with Crippen LogP contribution in [0.3, 0.4) is 0 Å². The van der Waals surface area contributed by atoms with Crippen molar-refractivity contribution in [1.82, 2.24) is 31.9 Å². The lowest BCUT2D eigenvalue weighted by Gasteiger charge is -2.29. The molecule has 280 valence electrons. The minimum absolute atomic E-state index is 0.113. The second-order valence-electron chi connectivity index (χ2n) is 13.3. The summed E-state index contributed by atoms with van der Waals surface area (Å²) in [6.45, 7) is 17.7. The number of nitrogens with one attached hydrogen (secondary N) is 6. The third-order valence-electron chi connectivity index (χ3n) is 8.30. The Morgan fingerprint density at radius 3 is 1.76 bits per heavy atom. The first-order chi connectivity index (χ1) is 22.9. The SMILES string of the molecule is CCC[C@@H](CN[C@H](CN[C@@H](C)C(=O)NC(C(=O)NCC)C(C)C)CC(C)C)NC(=O)[C@@H](NC(=O)c1c(F)c(F)c(O)c(F)c1F)[C@@H](C)CC. The molecule has 0 heterocycles. The van der Waals surface area contributed by atoms with E-state index >= 15 is 0 Å². The number of hydrogen-bond donors (Lipinski definition) is 7. The number of amides is 4. The Kier molecular flexibility index (Phi) is 18.6. The largest absolute Gasteiger partial charge is 0.503 e. The first-order valence-electron chi connectivity index (χ1n) is 17.1. The maximum absolute atomic E-state index is 14.4. The summed E-state index contributed by atoms with van der Waals surface area (Å²) in [4.78, 5) is 51.7. The van der Waals surface area contributed by atoms with Crippen molar-refractivity contribution in [2.24, 2.45) is 17.8 Å². The average Bonchev–Trinajstić information content (AvgIpc) is 3.04. The van der Waals surface area contributed by atoms with Gasteiger partial charge in [0.25, 0.3) is 5.91 Å². The fourth-order valence-corrected chi connectivity index (χ4v) is 5.23. The molecule has 6 atom stereocenters. The quantitative estimate of drug-likeness (QED) is 0.0760. The summed E-state index contributed by atoms with van der Waals surface area (Å²) in [5.74, 6) is -13.4. The molecule has 0 aliphatic heterocycles. The van der Waals surface area contributed by atoms with Crippen molar-refractivity contribution in [3.05, 3.63) is 28.8 Å². The molecule has 1 aromatic carbocycles. The molecule has 1 aromatic rings. The Bertz CT molecular complexity index is 1240. The van der Waals surface area contributed by atoms with Gasteiger partial charge in [-0.25, -0.2) is 8.78 Å². The maximum Gasteiger partial charge on any atom is 0.258 e. The molecule has 4 amide bonds. The summed E-state index contributed by atoms with van der Waals surface area (Å²) in [6.07, 6.45) is 2.31. The van der Waals surface area contributed by atoms with Crippen LogP contribution < -0.4 is 31.9 Å². The number of halogens is 4. The van der Waals surface area contributed by atoms with Gasteiger partial charge in [-0.15, -0.1) is 0 Å². The third kappa shape index (κ3) is 13.1. The van der Waals surface area contributed by atoms with Crippen molar-refractivity contribution in [3.8, 4) is 5.75 Å². The molecule has 0 saturated heterocycles. The summed E-state index contributed by atoms with van der Waals surface area (Å²) in [5, 5.41) is 26.6. The number of likely N-dealkylation sites (N-methyl/N-ethyl adjacent to an activating group) is 1. The smallest absolute Gasteiger partial charge is 0.258 e. The van der Waals surface area contributed by atoms with E-state index in [0.29, 0.717) is 38.9 Å². The molecule has 0 fully saturated rings. The number of carbonyl (C=O) groups excluding carboxylic acids is 4. The highest BCUT2D eigenvalue weighted by molar-refractivity contribution is 5.98. The van der Waals surface area contributed by atoms with Crippen LogP contribution in [0.1, 0.15) is 98.4 Å². The van der Waals surface area contributed by atoms with Crippen LogP contribution in [0.15, 0.2) is 0 Å². The van der Waals surface area contributed by atoms with E-state index in [1.54, 1.807) is 27.7 Å². The van der Waals surface area contributed by atoms with E-state index in [9.17, 15) is 41.8 Å². The molecule has 0 saturated carbocycles. The van der Waals surface area contributed by atoms with Gasteiger partial charge in [0.2, 0.25) is 29.4 Å². The van der Waals surface area contributed by atoms with Gasteiger partial charge in [0.15, 0.2) is 17.4 Å².